The molecule has 1 aromatic carbocycles. The first-order valence-electron chi connectivity index (χ1n) is 5.87. The Balaban J connectivity index is 1.92. The zero-order chi connectivity index (χ0) is 13.7. The third-order valence-electron chi connectivity index (χ3n) is 2.65. The predicted molar refractivity (Wildman–Crippen MR) is 74.4 cm³/mol. The summed E-state index contributed by atoms with van der Waals surface area (Å²) in [6.07, 6.45) is 2.17. The van der Waals surface area contributed by atoms with Crippen molar-refractivity contribution in [3.05, 3.63) is 52.9 Å². The normalized spacial score (nSPS) is 10.3. The maximum absolute atomic E-state index is 13.5. The molecule has 0 saturated heterocycles. The van der Waals surface area contributed by atoms with Crippen molar-refractivity contribution >= 4 is 17.4 Å². The molecule has 0 amide bonds. The molecule has 0 aliphatic carbocycles. The second-order valence-corrected chi connectivity index (χ2v) is 4.45. The number of benzene rings is 1. The summed E-state index contributed by atoms with van der Waals surface area (Å²) in [4.78, 5) is 3.90. The van der Waals surface area contributed by atoms with Gasteiger partial charge in [-0.1, -0.05) is 23.7 Å². The summed E-state index contributed by atoms with van der Waals surface area (Å²) < 4.78 is 18.6. The van der Waals surface area contributed by atoms with Crippen LogP contribution in [-0.2, 0) is 6.42 Å². The van der Waals surface area contributed by atoms with E-state index in [1.807, 2.05) is 24.3 Å². The van der Waals surface area contributed by atoms with Crippen molar-refractivity contribution in [1.29, 1.82) is 0 Å². The molecule has 1 heterocycles. The SMILES string of the molecule is COc1cccc(CCNc2ncc(Cl)cc2F)c1. The zero-order valence-electron chi connectivity index (χ0n) is 10.5. The van der Waals surface area contributed by atoms with Crippen LogP contribution in [0, 0.1) is 5.82 Å². The highest BCUT2D eigenvalue weighted by molar-refractivity contribution is 6.30. The molecule has 19 heavy (non-hydrogen) atoms. The second-order valence-electron chi connectivity index (χ2n) is 4.01. The van der Waals surface area contributed by atoms with Gasteiger partial charge in [0.1, 0.15) is 5.75 Å². The van der Waals surface area contributed by atoms with Gasteiger partial charge in [0.2, 0.25) is 0 Å². The Morgan fingerprint density at radius 2 is 2.21 bits per heavy atom. The summed E-state index contributed by atoms with van der Waals surface area (Å²) in [5, 5.41) is 3.23. The van der Waals surface area contributed by atoms with Gasteiger partial charge in [0.05, 0.1) is 12.1 Å². The van der Waals surface area contributed by atoms with Crippen LogP contribution >= 0.6 is 11.6 Å². The van der Waals surface area contributed by atoms with Gasteiger partial charge in [-0.25, -0.2) is 9.37 Å². The minimum Gasteiger partial charge on any atom is -0.497 e. The number of halogens is 2. The smallest absolute Gasteiger partial charge is 0.166 e. The largest absolute Gasteiger partial charge is 0.497 e. The fraction of sp³-hybridized carbons (Fsp3) is 0.214. The van der Waals surface area contributed by atoms with Crippen LogP contribution in [0.5, 0.6) is 5.75 Å². The van der Waals surface area contributed by atoms with E-state index >= 15 is 0 Å². The number of pyridine rings is 1. The van der Waals surface area contributed by atoms with Crippen LogP contribution < -0.4 is 10.1 Å². The van der Waals surface area contributed by atoms with Gasteiger partial charge in [0.25, 0.3) is 0 Å². The fourth-order valence-corrected chi connectivity index (χ4v) is 1.84. The van der Waals surface area contributed by atoms with Crippen LogP contribution in [0.1, 0.15) is 5.56 Å². The molecule has 0 saturated carbocycles. The molecule has 0 atom stereocenters. The molecule has 0 fully saturated rings. The molecule has 0 unspecified atom stereocenters. The van der Waals surface area contributed by atoms with Gasteiger partial charge in [-0.2, -0.15) is 0 Å². The van der Waals surface area contributed by atoms with Gasteiger partial charge < -0.3 is 10.1 Å². The number of rotatable bonds is 5. The Labute approximate surface area is 116 Å². The lowest BCUT2D eigenvalue weighted by Crippen LogP contribution is -2.08. The monoisotopic (exact) mass is 280 g/mol. The van der Waals surface area contributed by atoms with E-state index in [0.29, 0.717) is 6.54 Å². The van der Waals surface area contributed by atoms with E-state index in [1.165, 1.54) is 12.3 Å². The van der Waals surface area contributed by atoms with Crippen LogP contribution in [0.15, 0.2) is 36.5 Å². The van der Waals surface area contributed by atoms with Crippen molar-refractivity contribution in [3.63, 3.8) is 0 Å². The average molecular weight is 281 g/mol. The number of nitrogens with one attached hydrogen (secondary N) is 1. The number of hydrogen-bond acceptors (Lipinski definition) is 3. The lowest BCUT2D eigenvalue weighted by molar-refractivity contribution is 0.414. The van der Waals surface area contributed by atoms with Gasteiger partial charge in [-0.05, 0) is 30.2 Å². The molecule has 0 radical (unpaired) electrons. The van der Waals surface area contributed by atoms with E-state index in [2.05, 4.69) is 10.3 Å². The van der Waals surface area contributed by atoms with Gasteiger partial charge in [-0.15, -0.1) is 0 Å². The molecule has 2 aromatic rings. The number of ether oxygens (including phenoxy) is 1. The maximum atomic E-state index is 13.5. The molecule has 5 heteroatoms. The average Bonchev–Trinajstić information content (AvgIpc) is 2.41. The highest BCUT2D eigenvalue weighted by Crippen LogP contribution is 2.16. The van der Waals surface area contributed by atoms with Crippen molar-refractivity contribution in [2.45, 2.75) is 6.42 Å². The number of nitrogens with zero attached hydrogens (tertiary/aromatic N) is 1. The van der Waals surface area contributed by atoms with Gasteiger partial charge in [-0.3, -0.25) is 0 Å². The molecule has 0 spiro atoms. The summed E-state index contributed by atoms with van der Waals surface area (Å²) in [5.74, 6) is 0.582. The third kappa shape index (κ3) is 3.83. The topological polar surface area (TPSA) is 34.1 Å². The van der Waals surface area contributed by atoms with Gasteiger partial charge in [0.15, 0.2) is 11.6 Å². The highest BCUT2D eigenvalue weighted by atomic mass is 35.5. The van der Waals surface area contributed by atoms with Crippen molar-refractivity contribution in [1.82, 2.24) is 4.98 Å². The molecular formula is C14H14ClFN2O. The summed E-state index contributed by atoms with van der Waals surface area (Å²) >= 11 is 5.64. The molecular weight excluding hydrogens is 267 g/mol. The number of hydrogen-bond donors (Lipinski definition) is 1. The minimum absolute atomic E-state index is 0.215. The van der Waals surface area contributed by atoms with Crippen LogP contribution in [0.25, 0.3) is 0 Å². The molecule has 100 valence electrons. The highest BCUT2D eigenvalue weighted by Gasteiger charge is 2.04. The molecule has 1 N–H and O–H groups in total. The second kappa shape index (κ2) is 6.38. The summed E-state index contributed by atoms with van der Waals surface area (Å²) in [5.41, 5.74) is 1.11. The fourth-order valence-electron chi connectivity index (χ4n) is 1.70. The molecule has 3 nitrogen and oxygen atoms in total. The molecule has 2 rings (SSSR count). The lowest BCUT2D eigenvalue weighted by Gasteiger charge is -2.07. The Morgan fingerprint density at radius 1 is 1.37 bits per heavy atom. The first kappa shape index (κ1) is 13.6. The minimum atomic E-state index is -0.446. The number of aromatic nitrogens is 1. The summed E-state index contributed by atoms with van der Waals surface area (Å²) in [6.45, 7) is 0.582. The summed E-state index contributed by atoms with van der Waals surface area (Å²) in [7, 11) is 1.63. The Hall–Kier alpha value is -1.81. The van der Waals surface area contributed by atoms with E-state index in [1.54, 1.807) is 7.11 Å². The zero-order valence-corrected chi connectivity index (χ0v) is 11.2. The third-order valence-corrected chi connectivity index (χ3v) is 2.85. The standard InChI is InChI=1S/C14H14ClFN2O/c1-19-12-4-2-3-10(7-12)5-6-17-14-13(16)8-11(15)9-18-14/h2-4,7-9H,5-6H2,1H3,(H,17,18). The Morgan fingerprint density at radius 3 is 2.95 bits per heavy atom. The van der Waals surface area contributed by atoms with Crippen molar-refractivity contribution in [3.8, 4) is 5.75 Å². The van der Waals surface area contributed by atoms with Gasteiger partial charge >= 0.3 is 0 Å². The van der Waals surface area contributed by atoms with Crippen LogP contribution in [0.4, 0.5) is 10.2 Å². The summed E-state index contributed by atoms with van der Waals surface area (Å²) in [6, 6.07) is 9.00. The Bertz CT molecular complexity index is 563. The quantitative estimate of drug-likeness (QED) is 0.910. The van der Waals surface area contributed by atoms with E-state index in [9.17, 15) is 4.39 Å². The number of methoxy groups -OCH3 is 1. The van der Waals surface area contributed by atoms with E-state index in [4.69, 9.17) is 16.3 Å². The predicted octanol–water partition coefficient (Wildman–Crippen LogP) is 3.54. The molecule has 0 aliphatic rings. The molecule has 1 aromatic heterocycles. The van der Waals surface area contributed by atoms with E-state index < -0.39 is 5.82 Å². The van der Waals surface area contributed by atoms with Crippen LogP contribution in [0.2, 0.25) is 5.02 Å². The first-order valence-corrected chi connectivity index (χ1v) is 6.24. The van der Waals surface area contributed by atoms with Gasteiger partial charge in [0, 0.05) is 12.7 Å². The van der Waals surface area contributed by atoms with Crippen molar-refractivity contribution in [2.24, 2.45) is 0 Å². The van der Waals surface area contributed by atoms with E-state index in [0.717, 1.165) is 17.7 Å². The van der Waals surface area contributed by atoms with Crippen molar-refractivity contribution in [2.75, 3.05) is 19.0 Å². The van der Waals surface area contributed by atoms with Crippen LogP contribution in [0.3, 0.4) is 0 Å². The molecule has 0 bridgehead atoms. The molecule has 0 aliphatic heterocycles. The van der Waals surface area contributed by atoms with Crippen LogP contribution in [-0.4, -0.2) is 18.6 Å². The maximum Gasteiger partial charge on any atom is 0.166 e. The number of anilines is 1. The van der Waals surface area contributed by atoms with E-state index in [-0.39, 0.29) is 10.8 Å². The lowest BCUT2D eigenvalue weighted by atomic mass is 10.1. The first-order chi connectivity index (χ1) is 9.19. The van der Waals surface area contributed by atoms with Crippen molar-refractivity contribution < 1.29 is 9.13 Å². The Kier molecular flexibility index (Phi) is 4.58.